The zero-order chi connectivity index (χ0) is 14.3. The summed E-state index contributed by atoms with van der Waals surface area (Å²) in [7, 11) is 0. The second-order valence-electron chi connectivity index (χ2n) is 4.24. The van der Waals surface area contributed by atoms with Crippen molar-refractivity contribution in [3.8, 4) is 0 Å². The second-order valence-corrected chi connectivity index (χ2v) is 4.24. The van der Waals surface area contributed by atoms with E-state index in [1.54, 1.807) is 0 Å². The van der Waals surface area contributed by atoms with Crippen LogP contribution in [-0.4, -0.2) is 35.0 Å². The molecule has 0 bridgehead atoms. The number of carboxylic acid groups (broad SMARTS) is 1. The molecule has 19 heavy (non-hydrogen) atoms. The summed E-state index contributed by atoms with van der Waals surface area (Å²) in [5, 5.41) is 10.2. The number of Topliss-reactive ketones (excluding diaryl/α,β-unsaturated/α-hetero) is 1. The lowest BCUT2D eigenvalue weighted by atomic mass is 10.1. The molecule has 0 atom stereocenters. The Morgan fingerprint density at radius 2 is 1.63 bits per heavy atom. The first-order chi connectivity index (χ1) is 9.00. The molecular formula is C13H17FN2O3. The highest BCUT2D eigenvalue weighted by Crippen LogP contribution is 2.03. The Labute approximate surface area is 110 Å². The summed E-state index contributed by atoms with van der Waals surface area (Å²) in [5.41, 5.74) is -0.0242. The molecule has 1 aliphatic heterocycles. The quantitative estimate of drug-likeness (QED) is 0.481. The number of carbonyl (C=O) groups excluding carboxylic acids is 1. The topological polar surface area (TPSA) is 83.6 Å². The molecular weight excluding hydrogens is 251 g/mol. The molecule has 0 aliphatic carbocycles. The van der Waals surface area contributed by atoms with Gasteiger partial charge in [0.1, 0.15) is 5.82 Å². The van der Waals surface area contributed by atoms with Crippen LogP contribution >= 0.6 is 0 Å². The van der Waals surface area contributed by atoms with E-state index < -0.39 is 17.6 Å². The van der Waals surface area contributed by atoms with Gasteiger partial charge >= 0.3 is 5.97 Å². The second kappa shape index (κ2) is 7.60. The van der Waals surface area contributed by atoms with E-state index in [9.17, 15) is 14.0 Å². The van der Waals surface area contributed by atoms with Gasteiger partial charge in [0, 0.05) is 18.7 Å². The summed E-state index contributed by atoms with van der Waals surface area (Å²) in [6.07, 6.45) is 3.95. The van der Waals surface area contributed by atoms with E-state index in [4.69, 9.17) is 10.9 Å². The predicted octanol–water partition coefficient (Wildman–Crippen LogP) is 1.44. The third-order valence-electron chi connectivity index (χ3n) is 2.69. The molecule has 1 heterocycles. The van der Waals surface area contributed by atoms with Crippen molar-refractivity contribution < 1.29 is 19.1 Å². The van der Waals surface area contributed by atoms with Gasteiger partial charge in [-0.3, -0.25) is 10.6 Å². The van der Waals surface area contributed by atoms with Gasteiger partial charge < -0.3 is 5.11 Å². The van der Waals surface area contributed by atoms with Gasteiger partial charge in [-0.2, -0.15) is 0 Å². The van der Waals surface area contributed by atoms with Gasteiger partial charge in [0.05, 0.1) is 0 Å². The van der Waals surface area contributed by atoms with Crippen LogP contribution in [0.2, 0.25) is 0 Å². The Morgan fingerprint density at radius 3 is 2.00 bits per heavy atom. The molecule has 1 aliphatic rings. The predicted molar refractivity (Wildman–Crippen MR) is 68.0 cm³/mol. The van der Waals surface area contributed by atoms with Gasteiger partial charge in [-0.25, -0.2) is 14.2 Å². The van der Waals surface area contributed by atoms with Crippen molar-refractivity contribution in [2.45, 2.75) is 19.3 Å². The third kappa shape index (κ3) is 5.58. The number of aliphatic carboxylic acids is 1. The molecule has 0 aromatic heterocycles. The van der Waals surface area contributed by atoms with Crippen LogP contribution in [0.3, 0.4) is 0 Å². The molecule has 5 nitrogen and oxygen atoms in total. The van der Waals surface area contributed by atoms with Crippen molar-refractivity contribution in [2.75, 3.05) is 13.1 Å². The highest BCUT2D eigenvalue weighted by molar-refractivity contribution is 6.39. The molecule has 0 unspecified atom stereocenters. The van der Waals surface area contributed by atoms with Gasteiger partial charge in [0.15, 0.2) is 0 Å². The number of hydrogen-bond acceptors (Lipinski definition) is 4. The number of piperidine rings is 1. The molecule has 2 rings (SSSR count). The average molecular weight is 268 g/mol. The van der Waals surface area contributed by atoms with Crippen LogP contribution in [0.5, 0.6) is 0 Å². The number of benzene rings is 1. The number of carboxylic acids is 1. The fourth-order valence-electron chi connectivity index (χ4n) is 1.64. The number of nitrogens with zero attached hydrogens (tertiary/aromatic N) is 1. The van der Waals surface area contributed by atoms with E-state index >= 15 is 0 Å². The van der Waals surface area contributed by atoms with E-state index in [-0.39, 0.29) is 5.56 Å². The van der Waals surface area contributed by atoms with Gasteiger partial charge in [-0.1, -0.05) is 6.42 Å². The zero-order valence-electron chi connectivity index (χ0n) is 10.5. The molecule has 104 valence electrons. The maximum absolute atomic E-state index is 12.3. The third-order valence-corrected chi connectivity index (χ3v) is 2.69. The van der Waals surface area contributed by atoms with Crippen molar-refractivity contribution >= 4 is 11.8 Å². The van der Waals surface area contributed by atoms with E-state index in [2.05, 4.69) is 0 Å². The van der Waals surface area contributed by atoms with Crippen molar-refractivity contribution in [1.82, 2.24) is 5.01 Å². The number of nitrogens with two attached hydrogens (primary N) is 1. The average Bonchev–Trinajstić information content (AvgIpc) is 2.40. The summed E-state index contributed by atoms with van der Waals surface area (Å²) in [6, 6.07) is 4.34. The number of ketones is 1. The lowest BCUT2D eigenvalue weighted by Crippen LogP contribution is -2.35. The Balaban J connectivity index is 0.000000218. The standard InChI is InChI=1S/C8H5FO3.C5H12N2/c9-6-3-1-5(2-4-6)7(10)8(11)12;6-7-4-2-1-3-5-7/h1-4H,(H,11,12);1-6H2. The highest BCUT2D eigenvalue weighted by Gasteiger charge is 2.13. The summed E-state index contributed by atoms with van der Waals surface area (Å²) in [5.74, 6) is 2.39. The molecule has 0 spiro atoms. The molecule has 1 fully saturated rings. The Morgan fingerprint density at radius 1 is 1.11 bits per heavy atom. The number of hydrogen-bond donors (Lipinski definition) is 2. The van der Waals surface area contributed by atoms with Gasteiger partial charge in [-0.05, 0) is 37.1 Å². The molecule has 1 saturated heterocycles. The van der Waals surface area contributed by atoms with Crippen molar-refractivity contribution in [2.24, 2.45) is 5.84 Å². The van der Waals surface area contributed by atoms with Crippen LogP contribution in [-0.2, 0) is 4.79 Å². The van der Waals surface area contributed by atoms with Gasteiger partial charge in [0.25, 0.3) is 5.78 Å². The van der Waals surface area contributed by atoms with E-state index in [1.165, 1.54) is 19.3 Å². The Hall–Kier alpha value is -1.79. The van der Waals surface area contributed by atoms with Crippen molar-refractivity contribution in [3.63, 3.8) is 0 Å². The van der Waals surface area contributed by atoms with E-state index in [0.29, 0.717) is 0 Å². The van der Waals surface area contributed by atoms with Crippen LogP contribution in [0.25, 0.3) is 0 Å². The summed E-state index contributed by atoms with van der Waals surface area (Å²) < 4.78 is 12.3. The number of hydrazine groups is 1. The smallest absolute Gasteiger partial charge is 0.377 e. The van der Waals surface area contributed by atoms with Gasteiger partial charge in [0.2, 0.25) is 0 Å². The summed E-state index contributed by atoms with van der Waals surface area (Å²) in [4.78, 5) is 20.9. The number of rotatable bonds is 2. The fourth-order valence-corrected chi connectivity index (χ4v) is 1.64. The summed E-state index contributed by atoms with van der Waals surface area (Å²) >= 11 is 0. The Kier molecular flexibility index (Phi) is 6.11. The lowest BCUT2D eigenvalue weighted by molar-refractivity contribution is -0.131. The normalized spacial score (nSPS) is 15.3. The van der Waals surface area contributed by atoms with Crippen LogP contribution in [0, 0.1) is 5.82 Å². The molecule has 0 amide bonds. The molecule has 1 aromatic carbocycles. The van der Waals surface area contributed by atoms with Gasteiger partial charge in [-0.15, -0.1) is 0 Å². The monoisotopic (exact) mass is 268 g/mol. The van der Waals surface area contributed by atoms with Crippen LogP contribution in [0.4, 0.5) is 4.39 Å². The molecule has 0 radical (unpaired) electrons. The zero-order valence-corrected chi connectivity index (χ0v) is 10.5. The summed E-state index contributed by atoms with van der Waals surface area (Å²) in [6.45, 7) is 2.19. The number of carbonyl (C=O) groups is 2. The maximum atomic E-state index is 12.3. The molecule has 3 N–H and O–H groups in total. The Bertz CT molecular complexity index is 428. The number of halogens is 1. The maximum Gasteiger partial charge on any atom is 0.377 e. The first-order valence-corrected chi connectivity index (χ1v) is 6.03. The van der Waals surface area contributed by atoms with Crippen LogP contribution < -0.4 is 5.84 Å². The van der Waals surface area contributed by atoms with Crippen LogP contribution in [0.15, 0.2) is 24.3 Å². The van der Waals surface area contributed by atoms with Crippen molar-refractivity contribution in [3.05, 3.63) is 35.6 Å². The van der Waals surface area contributed by atoms with Crippen LogP contribution in [0.1, 0.15) is 29.6 Å². The minimum Gasteiger partial charge on any atom is -0.475 e. The fraction of sp³-hybridized carbons (Fsp3) is 0.385. The first-order valence-electron chi connectivity index (χ1n) is 6.03. The van der Waals surface area contributed by atoms with Crippen molar-refractivity contribution in [1.29, 1.82) is 0 Å². The first kappa shape index (κ1) is 15.3. The minimum atomic E-state index is -1.54. The van der Waals surface area contributed by atoms with E-state index in [1.807, 2.05) is 5.01 Å². The lowest BCUT2D eigenvalue weighted by Gasteiger charge is -2.20. The molecule has 1 aromatic rings. The van der Waals surface area contributed by atoms with E-state index in [0.717, 1.165) is 37.4 Å². The largest absolute Gasteiger partial charge is 0.475 e. The minimum absolute atomic E-state index is 0.0242. The molecule has 0 saturated carbocycles. The SMILES string of the molecule is NN1CCCCC1.O=C(O)C(=O)c1ccc(F)cc1. The highest BCUT2D eigenvalue weighted by atomic mass is 19.1. The molecule has 6 heteroatoms.